The first-order valence-corrected chi connectivity index (χ1v) is 8.56. The van der Waals surface area contributed by atoms with Gasteiger partial charge in [-0.15, -0.1) is 0 Å². The molecule has 0 N–H and O–H groups in total. The van der Waals surface area contributed by atoms with Crippen molar-refractivity contribution in [3.05, 3.63) is 29.6 Å². The van der Waals surface area contributed by atoms with Crippen molar-refractivity contribution in [2.45, 2.75) is 0 Å². The Morgan fingerprint density at radius 3 is 1.46 bits per heavy atom. The summed E-state index contributed by atoms with van der Waals surface area (Å²) in [6.07, 6.45) is 1.56. The lowest BCUT2D eigenvalue weighted by Gasteiger charge is -2.33. The van der Waals surface area contributed by atoms with Crippen LogP contribution in [-0.2, 0) is 9.59 Å². The van der Waals surface area contributed by atoms with Gasteiger partial charge in [0.1, 0.15) is 11.4 Å². The number of aromatic nitrogens is 1. The fraction of sp³-hybridized carbons (Fsp3) is 0.471. The van der Waals surface area contributed by atoms with Gasteiger partial charge in [-0.25, -0.2) is 4.98 Å². The van der Waals surface area contributed by atoms with Gasteiger partial charge in [0, 0.05) is 52.4 Å². The van der Waals surface area contributed by atoms with Gasteiger partial charge in [-0.1, -0.05) is 6.07 Å². The summed E-state index contributed by atoms with van der Waals surface area (Å²) < 4.78 is 0. The van der Waals surface area contributed by atoms with E-state index in [2.05, 4.69) is 4.98 Å². The van der Waals surface area contributed by atoms with E-state index < -0.39 is 0 Å². The summed E-state index contributed by atoms with van der Waals surface area (Å²) in [6, 6.07) is 4.84. The van der Waals surface area contributed by atoms with Crippen molar-refractivity contribution in [1.82, 2.24) is 24.6 Å². The smallest absolute Gasteiger partial charge is 0.272 e. The Kier molecular flexibility index (Phi) is 5.45. The largest absolute Gasteiger partial charge is 0.342 e. The Hall–Kier alpha value is -2.97. The zero-order chi connectivity index (χ0) is 18.5. The van der Waals surface area contributed by atoms with Crippen LogP contribution in [0, 0.1) is 0 Å². The predicted octanol–water partition coefficient (Wildman–Crippen LogP) is -1.09. The van der Waals surface area contributed by atoms with Gasteiger partial charge in [-0.05, 0) is 12.1 Å². The minimum absolute atomic E-state index is 0.224. The number of piperazine rings is 2. The van der Waals surface area contributed by atoms with Crippen LogP contribution in [0.4, 0.5) is 0 Å². The molecule has 0 unspecified atom stereocenters. The van der Waals surface area contributed by atoms with Crippen LogP contribution in [0.5, 0.6) is 0 Å². The minimum atomic E-state index is -0.240. The van der Waals surface area contributed by atoms with Crippen LogP contribution in [0.1, 0.15) is 21.0 Å². The normalized spacial score (nSPS) is 17.8. The van der Waals surface area contributed by atoms with Crippen molar-refractivity contribution in [1.29, 1.82) is 0 Å². The summed E-state index contributed by atoms with van der Waals surface area (Å²) in [7, 11) is 0. The third-order valence-electron chi connectivity index (χ3n) is 4.69. The molecule has 3 heterocycles. The zero-order valence-electron chi connectivity index (χ0n) is 14.4. The van der Waals surface area contributed by atoms with E-state index in [4.69, 9.17) is 0 Å². The molecule has 9 nitrogen and oxygen atoms in total. The lowest BCUT2D eigenvalue weighted by Crippen LogP contribution is -2.49. The highest BCUT2D eigenvalue weighted by Crippen LogP contribution is 2.10. The first kappa shape index (κ1) is 17.8. The van der Waals surface area contributed by atoms with E-state index >= 15 is 0 Å². The summed E-state index contributed by atoms with van der Waals surface area (Å²) in [5, 5.41) is 0. The van der Waals surface area contributed by atoms with Crippen molar-refractivity contribution < 1.29 is 19.2 Å². The van der Waals surface area contributed by atoms with Crippen LogP contribution < -0.4 is 0 Å². The average molecular weight is 359 g/mol. The minimum Gasteiger partial charge on any atom is -0.342 e. The average Bonchev–Trinajstić information content (AvgIpc) is 2.73. The summed E-state index contributed by atoms with van der Waals surface area (Å²) in [6.45, 7) is 3.78. The monoisotopic (exact) mass is 359 g/mol. The van der Waals surface area contributed by atoms with Crippen molar-refractivity contribution in [3.8, 4) is 0 Å². The van der Waals surface area contributed by atoms with Crippen LogP contribution in [0.3, 0.4) is 0 Å². The molecule has 3 rings (SSSR count). The highest BCUT2D eigenvalue weighted by molar-refractivity contribution is 5.96. The maximum Gasteiger partial charge on any atom is 0.272 e. The molecule has 0 saturated carbocycles. The van der Waals surface area contributed by atoms with E-state index in [0.29, 0.717) is 52.4 Å². The van der Waals surface area contributed by atoms with Crippen LogP contribution in [0.2, 0.25) is 0 Å². The molecule has 138 valence electrons. The van der Waals surface area contributed by atoms with Crippen molar-refractivity contribution in [3.63, 3.8) is 0 Å². The molecule has 1 aromatic heterocycles. The third kappa shape index (κ3) is 3.81. The SMILES string of the molecule is O=CN1CCN(C(=O)c2cccc(C(=O)N3CCN(C=O)CC3)n2)CC1. The Bertz CT molecular complexity index is 639. The number of hydrogen-bond donors (Lipinski definition) is 0. The van der Waals surface area contributed by atoms with Gasteiger partial charge in [-0.2, -0.15) is 0 Å². The van der Waals surface area contributed by atoms with E-state index in [9.17, 15) is 19.2 Å². The molecule has 0 atom stereocenters. The Morgan fingerprint density at radius 2 is 1.12 bits per heavy atom. The summed E-state index contributed by atoms with van der Waals surface area (Å²) in [5.74, 6) is -0.480. The Labute approximate surface area is 151 Å². The first-order chi connectivity index (χ1) is 12.6. The highest BCUT2D eigenvalue weighted by Gasteiger charge is 2.25. The van der Waals surface area contributed by atoms with E-state index in [0.717, 1.165) is 12.8 Å². The van der Waals surface area contributed by atoms with Crippen LogP contribution in [0.25, 0.3) is 0 Å². The van der Waals surface area contributed by atoms with Gasteiger partial charge in [0.2, 0.25) is 12.8 Å². The second kappa shape index (κ2) is 7.94. The fourth-order valence-corrected chi connectivity index (χ4v) is 3.06. The molecular formula is C17H21N5O4. The molecule has 2 fully saturated rings. The molecule has 0 bridgehead atoms. The number of hydrogen-bond acceptors (Lipinski definition) is 5. The van der Waals surface area contributed by atoms with E-state index in [1.54, 1.807) is 37.8 Å². The summed E-state index contributed by atoms with van der Waals surface area (Å²) in [4.78, 5) is 57.5. The fourth-order valence-electron chi connectivity index (χ4n) is 3.06. The van der Waals surface area contributed by atoms with Gasteiger partial charge in [-0.3, -0.25) is 19.2 Å². The standard InChI is InChI=1S/C17H21N5O4/c23-12-19-4-8-21(9-5-19)16(25)14-2-1-3-15(18-14)17(26)22-10-6-20(13-24)7-11-22/h1-3,12-13H,4-11H2. The molecule has 9 heteroatoms. The van der Waals surface area contributed by atoms with E-state index in [-0.39, 0.29) is 23.2 Å². The van der Waals surface area contributed by atoms with Crippen molar-refractivity contribution >= 4 is 24.6 Å². The number of amides is 4. The predicted molar refractivity (Wildman–Crippen MR) is 91.3 cm³/mol. The number of carbonyl (C=O) groups excluding carboxylic acids is 4. The Morgan fingerprint density at radius 1 is 0.731 bits per heavy atom. The van der Waals surface area contributed by atoms with Crippen molar-refractivity contribution in [2.24, 2.45) is 0 Å². The topological polar surface area (TPSA) is 94.1 Å². The molecular weight excluding hydrogens is 338 g/mol. The number of nitrogens with zero attached hydrogens (tertiary/aromatic N) is 5. The van der Waals surface area contributed by atoms with E-state index in [1.807, 2.05) is 0 Å². The molecule has 0 aliphatic carbocycles. The maximum atomic E-state index is 12.6. The molecule has 2 aliphatic rings. The maximum absolute atomic E-state index is 12.6. The Balaban J connectivity index is 1.66. The second-order valence-electron chi connectivity index (χ2n) is 6.28. The molecule has 0 aromatic carbocycles. The van der Waals surface area contributed by atoms with Gasteiger partial charge in [0.25, 0.3) is 11.8 Å². The van der Waals surface area contributed by atoms with Crippen molar-refractivity contribution in [2.75, 3.05) is 52.4 Å². The van der Waals surface area contributed by atoms with Crippen LogP contribution in [-0.4, -0.2) is 102 Å². The second-order valence-corrected chi connectivity index (χ2v) is 6.28. The lowest BCUT2D eigenvalue weighted by atomic mass is 10.2. The molecule has 26 heavy (non-hydrogen) atoms. The molecule has 4 amide bonds. The quantitative estimate of drug-likeness (QED) is 0.637. The molecule has 1 aromatic rings. The first-order valence-electron chi connectivity index (χ1n) is 8.56. The number of carbonyl (C=O) groups is 4. The van der Waals surface area contributed by atoms with Crippen LogP contribution in [0.15, 0.2) is 18.2 Å². The number of pyridine rings is 1. The molecule has 2 aliphatic heterocycles. The molecule has 0 radical (unpaired) electrons. The summed E-state index contributed by atoms with van der Waals surface area (Å²) in [5.41, 5.74) is 0.448. The van der Waals surface area contributed by atoms with Gasteiger partial charge in [0.15, 0.2) is 0 Å². The van der Waals surface area contributed by atoms with Gasteiger partial charge >= 0.3 is 0 Å². The van der Waals surface area contributed by atoms with Crippen LogP contribution >= 0.6 is 0 Å². The third-order valence-corrected chi connectivity index (χ3v) is 4.69. The summed E-state index contributed by atoms with van der Waals surface area (Å²) >= 11 is 0. The number of rotatable bonds is 4. The molecule has 2 saturated heterocycles. The highest BCUT2D eigenvalue weighted by atomic mass is 16.2. The van der Waals surface area contributed by atoms with Gasteiger partial charge in [0.05, 0.1) is 0 Å². The lowest BCUT2D eigenvalue weighted by molar-refractivity contribution is -0.120. The molecule has 0 spiro atoms. The zero-order valence-corrected chi connectivity index (χ0v) is 14.4. The van der Waals surface area contributed by atoms with Gasteiger partial charge < -0.3 is 19.6 Å². The van der Waals surface area contributed by atoms with E-state index in [1.165, 1.54) is 0 Å².